The fourth-order valence-corrected chi connectivity index (χ4v) is 2.87. The molecule has 1 aromatic carbocycles. The zero-order valence-corrected chi connectivity index (χ0v) is 14.2. The highest BCUT2D eigenvalue weighted by molar-refractivity contribution is 5.84. The number of carbonyl (C=O) groups excluding carboxylic acids is 2. The second-order valence-corrected chi connectivity index (χ2v) is 7.01. The molecule has 1 saturated heterocycles. The Bertz CT molecular complexity index is 551. The molecule has 1 N–H and O–H groups in total. The van der Waals surface area contributed by atoms with Gasteiger partial charge >= 0.3 is 6.09 Å². The smallest absolute Gasteiger partial charge is 0.407 e. The molecule has 1 amide bonds. The van der Waals surface area contributed by atoms with Crippen molar-refractivity contribution in [2.75, 3.05) is 24.5 Å². The van der Waals surface area contributed by atoms with E-state index in [2.05, 4.69) is 10.2 Å². The summed E-state index contributed by atoms with van der Waals surface area (Å²) in [5, 5.41) is 2.85. The number of benzene rings is 1. The van der Waals surface area contributed by atoms with Crippen molar-refractivity contribution in [1.29, 1.82) is 0 Å². The standard InChI is InChI=1S/C18H26N2O3/c1-18(2,3)23-17(22)19-11-14-7-6-10-20(12-14)16-9-5-4-8-15(16)13-21/h4-5,8-9,13-14H,6-7,10-12H2,1-3H3,(H,19,22)/t14-/m0/s1. The molecule has 0 spiro atoms. The van der Waals surface area contributed by atoms with Crippen LogP contribution in [0.1, 0.15) is 44.0 Å². The van der Waals surface area contributed by atoms with Gasteiger partial charge in [0.1, 0.15) is 5.60 Å². The van der Waals surface area contributed by atoms with E-state index in [1.807, 2.05) is 45.0 Å². The van der Waals surface area contributed by atoms with E-state index in [-0.39, 0.29) is 6.09 Å². The van der Waals surface area contributed by atoms with Crippen LogP contribution in [-0.4, -0.2) is 37.6 Å². The van der Waals surface area contributed by atoms with Gasteiger partial charge in [0.15, 0.2) is 6.29 Å². The first-order valence-electron chi connectivity index (χ1n) is 8.15. The highest BCUT2D eigenvalue weighted by Crippen LogP contribution is 2.25. The van der Waals surface area contributed by atoms with E-state index >= 15 is 0 Å². The second-order valence-electron chi connectivity index (χ2n) is 7.01. The molecule has 1 aliphatic rings. The first-order valence-corrected chi connectivity index (χ1v) is 8.15. The van der Waals surface area contributed by atoms with Crippen LogP contribution in [0.15, 0.2) is 24.3 Å². The number of nitrogens with zero attached hydrogens (tertiary/aromatic N) is 1. The fraction of sp³-hybridized carbons (Fsp3) is 0.556. The van der Waals surface area contributed by atoms with Gasteiger partial charge in [-0.2, -0.15) is 0 Å². The van der Waals surface area contributed by atoms with Gasteiger partial charge in [-0.05, 0) is 51.7 Å². The third-order valence-electron chi connectivity index (χ3n) is 3.86. The van der Waals surface area contributed by atoms with Gasteiger partial charge in [0.25, 0.3) is 0 Å². The normalized spacial score (nSPS) is 18.4. The Morgan fingerprint density at radius 1 is 1.39 bits per heavy atom. The summed E-state index contributed by atoms with van der Waals surface area (Å²) in [6.45, 7) is 7.92. The summed E-state index contributed by atoms with van der Waals surface area (Å²) in [6, 6.07) is 7.64. The number of piperidine rings is 1. The van der Waals surface area contributed by atoms with Gasteiger partial charge in [0.2, 0.25) is 0 Å². The number of carbonyl (C=O) groups is 2. The average molecular weight is 318 g/mol. The van der Waals surface area contributed by atoms with Crippen molar-refractivity contribution in [3.05, 3.63) is 29.8 Å². The Hall–Kier alpha value is -2.04. The van der Waals surface area contributed by atoms with Crippen molar-refractivity contribution in [2.45, 2.75) is 39.2 Å². The molecule has 1 aliphatic heterocycles. The molecular formula is C18H26N2O3. The average Bonchev–Trinajstić information content (AvgIpc) is 2.51. The van der Waals surface area contributed by atoms with Crippen molar-refractivity contribution in [3.63, 3.8) is 0 Å². The number of hydrogen-bond donors (Lipinski definition) is 1. The number of ether oxygens (including phenoxy) is 1. The summed E-state index contributed by atoms with van der Waals surface area (Å²) < 4.78 is 5.27. The Labute approximate surface area is 138 Å². The molecule has 1 atom stereocenters. The molecule has 23 heavy (non-hydrogen) atoms. The molecule has 0 bridgehead atoms. The van der Waals surface area contributed by atoms with Crippen LogP contribution in [-0.2, 0) is 4.74 Å². The molecule has 0 unspecified atom stereocenters. The van der Waals surface area contributed by atoms with Crippen molar-refractivity contribution in [3.8, 4) is 0 Å². The Balaban J connectivity index is 1.91. The molecule has 126 valence electrons. The molecule has 0 saturated carbocycles. The number of rotatable bonds is 4. The fourth-order valence-electron chi connectivity index (χ4n) is 2.87. The molecule has 1 fully saturated rings. The highest BCUT2D eigenvalue weighted by Gasteiger charge is 2.23. The third-order valence-corrected chi connectivity index (χ3v) is 3.86. The van der Waals surface area contributed by atoms with Crippen LogP contribution in [0.3, 0.4) is 0 Å². The number of hydrogen-bond acceptors (Lipinski definition) is 4. The van der Waals surface area contributed by atoms with E-state index in [0.717, 1.165) is 37.9 Å². The number of amides is 1. The molecule has 1 heterocycles. The van der Waals surface area contributed by atoms with E-state index in [1.165, 1.54) is 0 Å². The number of alkyl carbamates (subject to hydrolysis) is 1. The molecule has 2 rings (SSSR count). The minimum atomic E-state index is -0.481. The molecule has 0 radical (unpaired) electrons. The van der Waals surface area contributed by atoms with E-state index in [4.69, 9.17) is 4.74 Å². The van der Waals surface area contributed by atoms with Crippen LogP contribution in [0.25, 0.3) is 0 Å². The molecule has 1 aromatic rings. The molecule has 5 heteroatoms. The zero-order valence-electron chi connectivity index (χ0n) is 14.2. The van der Waals surface area contributed by atoms with E-state index in [0.29, 0.717) is 18.0 Å². The summed E-state index contributed by atoms with van der Waals surface area (Å²) in [7, 11) is 0. The maximum atomic E-state index is 11.8. The molecule has 0 aromatic heterocycles. The lowest BCUT2D eigenvalue weighted by atomic mass is 9.97. The number of aldehydes is 1. The molecule has 5 nitrogen and oxygen atoms in total. The Morgan fingerprint density at radius 3 is 2.83 bits per heavy atom. The predicted octanol–water partition coefficient (Wildman–Crippen LogP) is 3.24. The van der Waals surface area contributed by atoms with E-state index < -0.39 is 5.60 Å². The zero-order chi connectivity index (χ0) is 16.9. The van der Waals surface area contributed by atoms with Gasteiger partial charge in [-0.15, -0.1) is 0 Å². The van der Waals surface area contributed by atoms with Crippen LogP contribution in [0.2, 0.25) is 0 Å². The maximum absolute atomic E-state index is 11.8. The Morgan fingerprint density at radius 2 is 2.13 bits per heavy atom. The highest BCUT2D eigenvalue weighted by atomic mass is 16.6. The molecular weight excluding hydrogens is 292 g/mol. The van der Waals surface area contributed by atoms with E-state index in [1.54, 1.807) is 0 Å². The summed E-state index contributed by atoms with van der Waals surface area (Å²) in [4.78, 5) is 25.2. The quantitative estimate of drug-likeness (QED) is 0.866. The Kier molecular flexibility index (Phi) is 5.64. The summed E-state index contributed by atoms with van der Waals surface area (Å²) in [6.07, 6.45) is 2.64. The van der Waals surface area contributed by atoms with Crippen molar-refractivity contribution >= 4 is 18.1 Å². The minimum absolute atomic E-state index is 0.357. The number of para-hydroxylation sites is 1. The monoisotopic (exact) mass is 318 g/mol. The molecule has 0 aliphatic carbocycles. The summed E-state index contributed by atoms with van der Waals surface area (Å²) >= 11 is 0. The first-order chi connectivity index (χ1) is 10.9. The van der Waals surface area contributed by atoms with Crippen molar-refractivity contribution in [1.82, 2.24) is 5.32 Å². The minimum Gasteiger partial charge on any atom is -0.444 e. The SMILES string of the molecule is CC(C)(C)OC(=O)NC[C@@H]1CCCN(c2ccccc2C=O)C1. The maximum Gasteiger partial charge on any atom is 0.407 e. The summed E-state index contributed by atoms with van der Waals surface area (Å²) in [5.74, 6) is 0.357. The van der Waals surface area contributed by atoms with Gasteiger partial charge in [0.05, 0.1) is 0 Å². The van der Waals surface area contributed by atoms with Crippen LogP contribution >= 0.6 is 0 Å². The predicted molar refractivity (Wildman–Crippen MR) is 91.0 cm³/mol. The van der Waals surface area contributed by atoms with Gasteiger partial charge in [-0.25, -0.2) is 4.79 Å². The third kappa shape index (κ3) is 5.27. The second kappa shape index (κ2) is 7.49. The largest absolute Gasteiger partial charge is 0.444 e. The van der Waals surface area contributed by atoms with Crippen LogP contribution in [0.5, 0.6) is 0 Å². The lowest BCUT2D eigenvalue weighted by molar-refractivity contribution is 0.0517. The van der Waals surface area contributed by atoms with Gasteiger partial charge < -0.3 is 15.0 Å². The van der Waals surface area contributed by atoms with Crippen LogP contribution in [0.4, 0.5) is 10.5 Å². The number of anilines is 1. The summed E-state index contributed by atoms with van der Waals surface area (Å²) in [5.41, 5.74) is 1.21. The lowest BCUT2D eigenvalue weighted by Crippen LogP contribution is -2.42. The van der Waals surface area contributed by atoms with Crippen molar-refractivity contribution in [2.24, 2.45) is 5.92 Å². The van der Waals surface area contributed by atoms with Gasteiger partial charge in [0, 0.05) is 30.9 Å². The first kappa shape index (κ1) is 17.3. The van der Waals surface area contributed by atoms with Crippen LogP contribution < -0.4 is 10.2 Å². The van der Waals surface area contributed by atoms with Crippen molar-refractivity contribution < 1.29 is 14.3 Å². The lowest BCUT2D eigenvalue weighted by Gasteiger charge is -2.35. The van der Waals surface area contributed by atoms with Gasteiger partial charge in [-0.1, -0.05) is 12.1 Å². The van der Waals surface area contributed by atoms with E-state index in [9.17, 15) is 9.59 Å². The topological polar surface area (TPSA) is 58.6 Å². The van der Waals surface area contributed by atoms with Crippen LogP contribution in [0, 0.1) is 5.92 Å². The van der Waals surface area contributed by atoms with Gasteiger partial charge in [-0.3, -0.25) is 4.79 Å². The number of nitrogens with one attached hydrogen (secondary N) is 1.